The maximum absolute atomic E-state index is 13.9. The number of anilines is 3. The molecule has 0 saturated carbocycles. The van der Waals surface area contributed by atoms with E-state index in [0.717, 1.165) is 24.3 Å². The summed E-state index contributed by atoms with van der Waals surface area (Å²) in [5.74, 6) is 0.451. The first-order chi connectivity index (χ1) is 19.1. The van der Waals surface area contributed by atoms with E-state index in [-0.39, 0.29) is 16.9 Å². The first kappa shape index (κ1) is 27.8. The van der Waals surface area contributed by atoms with Crippen LogP contribution in [0.4, 0.5) is 17.1 Å². The van der Waals surface area contributed by atoms with Crippen molar-refractivity contribution in [3.05, 3.63) is 72.3 Å². The number of hydrogen-bond acceptors (Lipinski definition) is 7. The van der Waals surface area contributed by atoms with E-state index in [1.165, 1.54) is 23.5 Å². The van der Waals surface area contributed by atoms with Crippen LogP contribution in [0.3, 0.4) is 0 Å². The molecule has 0 unspecified atom stereocenters. The number of benzene rings is 3. The molecular weight excluding hydrogens is 530 g/mol. The Kier molecular flexibility index (Phi) is 7.65. The van der Waals surface area contributed by atoms with Gasteiger partial charge in [0.15, 0.2) is 6.10 Å². The number of ether oxygens (including phenoxy) is 3. The average molecular weight is 566 g/mol. The summed E-state index contributed by atoms with van der Waals surface area (Å²) in [6.45, 7) is 9.00. The fraction of sp³-hybridized carbons (Fsp3) is 0.367. The molecule has 2 aliphatic rings. The Morgan fingerprint density at radius 3 is 2.27 bits per heavy atom. The fourth-order valence-electron chi connectivity index (χ4n) is 4.76. The van der Waals surface area contributed by atoms with Gasteiger partial charge in [-0.25, -0.2) is 8.42 Å². The zero-order valence-corrected chi connectivity index (χ0v) is 24.0. The molecule has 0 radical (unpaired) electrons. The van der Waals surface area contributed by atoms with Crippen molar-refractivity contribution in [3.63, 3.8) is 0 Å². The van der Waals surface area contributed by atoms with E-state index in [2.05, 4.69) is 31.0 Å². The Hall–Kier alpha value is -3.76. The fourth-order valence-corrected chi connectivity index (χ4v) is 6.22. The molecule has 212 valence electrons. The van der Waals surface area contributed by atoms with Crippen LogP contribution in [0.5, 0.6) is 11.5 Å². The number of nitrogens with one attached hydrogen (secondary N) is 1. The molecule has 3 aromatic rings. The van der Waals surface area contributed by atoms with Crippen LogP contribution in [0.2, 0.25) is 0 Å². The summed E-state index contributed by atoms with van der Waals surface area (Å²) in [5, 5.41) is 2.89. The minimum absolute atomic E-state index is 0.0974. The third-order valence-electron chi connectivity index (χ3n) is 7.15. The average Bonchev–Trinajstić information content (AvgIpc) is 2.96. The molecule has 40 heavy (non-hydrogen) atoms. The van der Waals surface area contributed by atoms with E-state index in [1.54, 1.807) is 18.2 Å². The number of carbonyl (C=O) groups is 1. The molecule has 3 aromatic carbocycles. The van der Waals surface area contributed by atoms with Gasteiger partial charge in [0.1, 0.15) is 11.5 Å². The normalized spacial score (nSPS) is 17.6. The predicted molar refractivity (Wildman–Crippen MR) is 155 cm³/mol. The molecule has 1 atom stereocenters. The predicted octanol–water partition coefficient (Wildman–Crippen LogP) is 4.42. The van der Waals surface area contributed by atoms with Gasteiger partial charge in [-0.05, 0) is 71.6 Å². The number of rotatable bonds is 6. The number of amides is 1. The Labute approximate surface area is 235 Å². The number of carbonyl (C=O) groups excluding carboxylic acids is 1. The zero-order valence-electron chi connectivity index (χ0n) is 23.2. The molecule has 1 N–H and O–H groups in total. The van der Waals surface area contributed by atoms with Crippen molar-refractivity contribution in [2.24, 2.45) is 0 Å². The van der Waals surface area contributed by atoms with Crippen LogP contribution >= 0.6 is 0 Å². The molecule has 2 heterocycles. The van der Waals surface area contributed by atoms with Gasteiger partial charge < -0.3 is 24.4 Å². The standard InChI is InChI=1S/C30H35N3O6S/c1-30(2,3)21-5-14-27-26(19-21)33(40(35,36)25-12-10-24(37-4)11-13-25)20-28(39-27)29(34)31-22-6-8-23(9-7-22)32-15-17-38-18-16-32/h5-14,19,28H,15-18,20H2,1-4H3,(H,31,34)/t28-/m1/s1. The van der Waals surface area contributed by atoms with E-state index in [1.807, 2.05) is 36.4 Å². The smallest absolute Gasteiger partial charge is 0.267 e. The lowest BCUT2D eigenvalue weighted by molar-refractivity contribution is -0.122. The minimum Gasteiger partial charge on any atom is -0.497 e. The summed E-state index contributed by atoms with van der Waals surface area (Å²) in [7, 11) is -2.50. The van der Waals surface area contributed by atoms with E-state index >= 15 is 0 Å². The highest BCUT2D eigenvalue weighted by Crippen LogP contribution is 2.40. The molecule has 0 bridgehead atoms. The van der Waals surface area contributed by atoms with E-state index < -0.39 is 22.0 Å². The molecule has 0 aromatic heterocycles. The van der Waals surface area contributed by atoms with Crippen molar-refractivity contribution < 1.29 is 27.4 Å². The summed E-state index contributed by atoms with van der Waals surface area (Å²) in [6.07, 6.45) is -1.06. The lowest BCUT2D eigenvalue weighted by Crippen LogP contribution is -2.49. The third-order valence-corrected chi connectivity index (χ3v) is 8.94. The number of sulfonamides is 1. The molecule has 9 nitrogen and oxygen atoms in total. The molecular formula is C30H35N3O6S. The van der Waals surface area contributed by atoms with Gasteiger partial charge in [0.25, 0.3) is 15.9 Å². The second kappa shape index (κ2) is 11.0. The molecule has 0 aliphatic carbocycles. The van der Waals surface area contributed by atoms with Crippen molar-refractivity contribution in [3.8, 4) is 11.5 Å². The van der Waals surface area contributed by atoms with Crippen molar-refractivity contribution in [2.45, 2.75) is 37.2 Å². The second-order valence-electron chi connectivity index (χ2n) is 10.9. The lowest BCUT2D eigenvalue weighted by Gasteiger charge is -2.36. The van der Waals surface area contributed by atoms with Crippen molar-refractivity contribution in [1.29, 1.82) is 0 Å². The van der Waals surface area contributed by atoms with Gasteiger partial charge in [0.2, 0.25) is 0 Å². The van der Waals surface area contributed by atoms with Crippen LogP contribution in [0, 0.1) is 0 Å². The third kappa shape index (κ3) is 5.73. The number of methoxy groups -OCH3 is 1. The van der Waals surface area contributed by atoms with Gasteiger partial charge in [-0.3, -0.25) is 9.10 Å². The quantitative estimate of drug-likeness (QED) is 0.473. The van der Waals surface area contributed by atoms with Crippen LogP contribution in [0.25, 0.3) is 0 Å². The van der Waals surface area contributed by atoms with Crippen LogP contribution in [0.15, 0.2) is 71.6 Å². The Morgan fingerprint density at radius 2 is 1.65 bits per heavy atom. The van der Waals surface area contributed by atoms with Gasteiger partial charge in [0, 0.05) is 24.5 Å². The largest absolute Gasteiger partial charge is 0.497 e. The van der Waals surface area contributed by atoms with Gasteiger partial charge >= 0.3 is 0 Å². The zero-order chi connectivity index (χ0) is 28.5. The highest BCUT2D eigenvalue weighted by molar-refractivity contribution is 7.92. The van der Waals surface area contributed by atoms with Gasteiger partial charge in [-0.15, -0.1) is 0 Å². The minimum atomic E-state index is -4.02. The summed E-state index contributed by atoms with van der Waals surface area (Å²) in [4.78, 5) is 15.7. The maximum atomic E-state index is 13.9. The molecule has 0 spiro atoms. The SMILES string of the molecule is COc1ccc(S(=O)(=O)N2C[C@H](C(=O)Nc3ccc(N4CCOCC4)cc3)Oc3ccc(C(C)(C)C)cc32)cc1. The molecule has 1 fully saturated rings. The summed E-state index contributed by atoms with van der Waals surface area (Å²) in [6, 6.07) is 19.2. The van der Waals surface area contributed by atoms with Crippen molar-refractivity contribution in [2.75, 3.05) is 54.5 Å². The molecule has 5 rings (SSSR count). The van der Waals surface area contributed by atoms with Crippen LogP contribution in [-0.2, 0) is 25.0 Å². The highest BCUT2D eigenvalue weighted by Gasteiger charge is 2.38. The highest BCUT2D eigenvalue weighted by atomic mass is 32.2. The molecule has 1 amide bonds. The second-order valence-corrected chi connectivity index (χ2v) is 12.7. The van der Waals surface area contributed by atoms with Crippen molar-refractivity contribution >= 4 is 33.0 Å². The Balaban J connectivity index is 1.42. The Morgan fingerprint density at radius 1 is 0.975 bits per heavy atom. The van der Waals surface area contributed by atoms with E-state index in [4.69, 9.17) is 14.2 Å². The first-order valence-corrected chi connectivity index (χ1v) is 14.7. The van der Waals surface area contributed by atoms with Crippen LogP contribution in [-0.4, -0.2) is 60.4 Å². The van der Waals surface area contributed by atoms with Gasteiger partial charge in [-0.2, -0.15) is 0 Å². The van der Waals surface area contributed by atoms with Gasteiger partial charge in [0.05, 0.1) is 37.5 Å². The number of nitrogens with zero attached hydrogens (tertiary/aromatic N) is 2. The van der Waals surface area contributed by atoms with E-state index in [9.17, 15) is 13.2 Å². The number of morpholine rings is 1. The van der Waals surface area contributed by atoms with Crippen molar-refractivity contribution in [1.82, 2.24) is 0 Å². The van der Waals surface area contributed by atoms with E-state index in [0.29, 0.717) is 36.1 Å². The summed E-state index contributed by atoms with van der Waals surface area (Å²) >= 11 is 0. The molecule has 2 aliphatic heterocycles. The summed E-state index contributed by atoms with van der Waals surface area (Å²) < 4.78 is 45.8. The Bertz CT molecular complexity index is 1460. The summed E-state index contributed by atoms with van der Waals surface area (Å²) in [5.41, 5.74) is 2.79. The van der Waals surface area contributed by atoms with Crippen LogP contribution < -0.4 is 24.0 Å². The maximum Gasteiger partial charge on any atom is 0.267 e. The number of hydrogen-bond donors (Lipinski definition) is 1. The topological polar surface area (TPSA) is 97.4 Å². The molecule has 1 saturated heterocycles. The monoisotopic (exact) mass is 565 g/mol. The molecule has 10 heteroatoms. The van der Waals surface area contributed by atoms with Gasteiger partial charge in [-0.1, -0.05) is 26.8 Å². The number of fused-ring (bicyclic) bond motifs is 1. The first-order valence-electron chi connectivity index (χ1n) is 13.3. The lowest BCUT2D eigenvalue weighted by atomic mass is 9.86. The van der Waals surface area contributed by atoms with Crippen LogP contribution in [0.1, 0.15) is 26.3 Å².